The maximum absolute atomic E-state index is 12.9. The van der Waals surface area contributed by atoms with E-state index < -0.39 is 0 Å². The molecule has 1 aromatic heterocycles. The van der Waals surface area contributed by atoms with Crippen LogP contribution in [0.1, 0.15) is 23.1 Å². The number of fused-ring (bicyclic) bond motifs is 2. The van der Waals surface area contributed by atoms with Crippen LogP contribution < -0.4 is 9.64 Å². The van der Waals surface area contributed by atoms with Crippen LogP contribution in [0.15, 0.2) is 67.0 Å². The molecular formula is C23H22N2O3. The lowest BCUT2D eigenvalue weighted by Crippen LogP contribution is -2.31. The van der Waals surface area contributed by atoms with Crippen LogP contribution in [0, 0.1) is 6.92 Å². The number of ether oxygens (including phenoxy) is 2. The van der Waals surface area contributed by atoms with Crippen molar-refractivity contribution in [3.8, 4) is 11.5 Å². The molecule has 1 amide bonds. The highest BCUT2D eigenvalue weighted by Gasteiger charge is 2.26. The van der Waals surface area contributed by atoms with Gasteiger partial charge < -0.3 is 9.47 Å². The van der Waals surface area contributed by atoms with E-state index in [0.717, 1.165) is 35.4 Å². The minimum atomic E-state index is -0.359. The van der Waals surface area contributed by atoms with Crippen LogP contribution in [-0.2, 0) is 17.7 Å². The van der Waals surface area contributed by atoms with Crippen molar-refractivity contribution >= 4 is 11.8 Å². The minimum absolute atomic E-state index is 0.359. The zero-order valence-electron chi connectivity index (χ0n) is 15.8. The number of hydrogen-bond acceptors (Lipinski definition) is 4. The summed E-state index contributed by atoms with van der Waals surface area (Å²) in [5, 5.41) is 0. The van der Waals surface area contributed by atoms with Gasteiger partial charge in [-0.25, -0.2) is 4.79 Å². The summed E-state index contributed by atoms with van der Waals surface area (Å²) in [5.74, 6) is 1.42. The average Bonchev–Trinajstić information content (AvgIpc) is 2.88. The summed E-state index contributed by atoms with van der Waals surface area (Å²) in [6, 6.07) is 17.6. The Bertz CT molecular complexity index is 973. The predicted octanol–water partition coefficient (Wildman–Crippen LogP) is 5.27. The first-order valence-electron chi connectivity index (χ1n) is 9.40. The first-order chi connectivity index (χ1) is 13.7. The molecule has 0 fully saturated rings. The minimum Gasteiger partial charge on any atom is -0.455 e. The lowest BCUT2D eigenvalue weighted by Gasteiger charge is -2.22. The van der Waals surface area contributed by atoms with Crippen LogP contribution in [0.5, 0.6) is 11.5 Å². The van der Waals surface area contributed by atoms with E-state index in [1.807, 2.05) is 61.5 Å². The average molecular weight is 374 g/mol. The molecular weight excluding hydrogens is 352 g/mol. The van der Waals surface area contributed by atoms with E-state index in [1.54, 1.807) is 17.3 Å². The molecule has 142 valence electrons. The number of hydrogen-bond donors (Lipinski definition) is 0. The molecule has 5 nitrogen and oxygen atoms in total. The van der Waals surface area contributed by atoms with Crippen molar-refractivity contribution in [1.82, 2.24) is 4.98 Å². The highest BCUT2D eigenvalue weighted by molar-refractivity contribution is 5.90. The third-order valence-electron chi connectivity index (χ3n) is 4.73. The number of pyridine rings is 1. The van der Waals surface area contributed by atoms with Gasteiger partial charge in [0.25, 0.3) is 0 Å². The summed E-state index contributed by atoms with van der Waals surface area (Å²) in [5.41, 5.74) is 3.92. The molecule has 0 radical (unpaired) electrons. The molecule has 0 spiro atoms. The van der Waals surface area contributed by atoms with Crippen LogP contribution in [0.2, 0.25) is 0 Å². The van der Waals surface area contributed by atoms with Crippen molar-refractivity contribution in [1.29, 1.82) is 0 Å². The summed E-state index contributed by atoms with van der Waals surface area (Å²) in [7, 11) is 0. The quantitative estimate of drug-likeness (QED) is 0.584. The molecule has 0 saturated heterocycles. The SMILES string of the molecule is Cc1ccc2c(c1)N(C(=O)OCCCc1ccncc1)Cc1ccccc1O2. The van der Waals surface area contributed by atoms with E-state index in [0.29, 0.717) is 18.9 Å². The second-order valence-electron chi connectivity index (χ2n) is 6.84. The van der Waals surface area contributed by atoms with Gasteiger partial charge in [0.2, 0.25) is 0 Å². The Kier molecular flexibility index (Phi) is 5.24. The summed E-state index contributed by atoms with van der Waals surface area (Å²) >= 11 is 0. The van der Waals surface area contributed by atoms with E-state index in [1.165, 1.54) is 5.56 Å². The predicted molar refractivity (Wildman–Crippen MR) is 108 cm³/mol. The summed E-state index contributed by atoms with van der Waals surface area (Å²) in [6.07, 6.45) is 4.79. The number of amides is 1. The molecule has 0 bridgehead atoms. The van der Waals surface area contributed by atoms with Crippen LogP contribution in [-0.4, -0.2) is 17.7 Å². The van der Waals surface area contributed by atoms with E-state index >= 15 is 0 Å². The largest absolute Gasteiger partial charge is 0.455 e. The number of carbonyl (C=O) groups excluding carboxylic acids is 1. The van der Waals surface area contributed by atoms with Crippen molar-refractivity contribution in [2.75, 3.05) is 11.5 Å². The fourth-order valence-corrected chi connectivity index (χ4v) is 3.26. The molecule has 0 aliphatic carbocycles. The number of aryl methyl sites for hydroxylation is 2. The van der Waals surface area contributed by atoms with Gasteiger partial charge in [0.15, 0.2) is 5.75 Å². The summed E-state index contributed by atoms with van der Waals surface area (Å²) in [6.45, 7) is 2.77. The van der Waals surface area contributed by atoms with Gasteiger partial charge in [0, 0.05) is 18.0 Å². The number of benzene rings is 2. The van der Waals surface area contributed by atoms with Crippen molar-refractivity contribution in [3.63, 3.8) is 0 Å². The molecule has 0 N–H and O–H groups in total. The van der Waals surface area contributed by atoms with Gasteiger partial charge in [-0.1, -0.05) is 24.3 Å². The van der Waals surface area contributed by atoms with E-state index in [-0.39, 0.29) is 6.09 Å². The maximum atomic E-state index is 12.9. The molecule has 0 atom stereocenters. The van der Waals surface area contributed by atoms with E-state index in [4.69, 9.17) is 9.47 Å². The Hall–Kier alpha value is -3.34. The number of para-hydroxylation sites is 1. The number of aromatic nitrogens is 1. The van der Waals surface area contributed by atoms with Gasteiger partial charge in [-0.15, -0.1) is 0 Å². The number of rotatable bonds is 4. The highest BCUT2D eigenvalue weighted by Crippen LogP contribution is 2.39. The third-order valence-corrected chi connectivity index (χ3v) is 4.73. The van der Waals surface area contributed by atoms with Crippen molar-refractivity contribution < 1.29 is 14.3 Å². The van der Waals surface area contributed by atoms with Gasteiger partial charge in [-0.05, 0) is 61.2 Å². The molecule has 28 heavy (non-hydrogen) atoms. The molecule has 5 heteroatoms. The van der Waals surface area contributed by atoms with Crippen molar-refractivity contribution in [2.24, 2.45) is 0 Å². The van der Waals surface area contributed by atoms with Gasteiger partial charge in [0.05, 0.1) is 18.8 Å². The van der Waals surface area contributed by atoms with Gasteiger partial charge in [-0.2, -0.15) is 0 Å². The Morgan fingerprint density at radius 1 is 1.11 bits per heavy atom. The van der Waals surface area contributed by atoms with Crippen LogP contribution >= 0.6 is 0 Å². The Balaban J connectivity index is 1.49. The molecule has 0 unspecified atom stereocenters. The first-order valence-corrected chi connectivity index (χ1v) is 9.40. The molecule has 4 rings (SSSR count). The Labute approximate surface area is 164 Å². The molecule has 2 aromatic carbocycles. The van der Waals surface area contributed by atoms with E-state index in [9.17, 15) is 4.79 Å². The zero-order valence-corrected chi connectivity index (χ0v) is 15.8. The fourth-order valence-electron chi connectivity index (χ4n) is 3.26. The lowest BCUT2D eigenvalue weighted by molar-refractivity contribution is 0.152. The monoisotopic (exact) mass is 374 g/mol. The highest BCUT2D eigenvalue weighted by atomic mass is 16.6. The van der Waals surface area contributed by atoms with Gasteiger partial charge in [-0.3, -0.25) is 9.88 Å². The second kappa shape index (κ2) is 8.13. The third kappa shape index (κ3) is 3.98. The summed E-state index contributed by atoms with van der Waals surface area (Å²) in [4.78, 5) is 18.6. The number of carbonyl (C=O) groups is 1. The maximum Gasteiger partial charge on any atom is 0.414 e. The second-order valence-corrected chi connectivity index (χ2v) is 6.84. The lowest BCUT2D eigenvalue weighted by atomic mass is 10.1. The fraction of sp³-hybridized carbons (Fsp3) is 0.217. The molecule has 2 heterocycles. The van der Waals surface area contributed by atoms with Crippen LogP contribution in [0.4, 0.5) is 10.5 Å². The van der Waals surface area contributed by atoms with Crippen LogP contribution in [0.3, 0.4) is 0 Å². The molecule has 1 aliphatic heterocycles. The normalized spacial score (nSPS) is 12.4. The summed E-state index contributed by atoms with van der Waals surface area (Å²) < 4.78 is 11.7. The van der Waals surface area contributed by atoms with Crippen molar-refractivity contribution in [2.45, 2.75) is 26.3 Å². The van der Waals surface area contributed by atoms with Crippen LogP contribution in [0.25, 0.3) is 0 Å². The smallest absolute Gasteiger partial charge is 0.414 e. The first kappa shape index (κ1) is 18.0. The van der Waals surface area contributed by atoms with E-state index in [2.05, 4.69) is 4.98 Å². The van der Waals surface area contributed by atoms with Gasteiger partial charge in [0.1, 0.15) is 5.75 Å². The number of nitrogens with zero attached hydrogens (tertiary/aromatic N) is 2. The molecule has 1 aliphatic rings. The Morgan fingerprint density at radius 3 is 2.79 bits per heavy atom. The molecule has 3 aromatic rings. The topological polar surface area (TPSA) is 51.7 Å². The Morgan fingerprint density at radius 2 is 1.93 bits per heavy atom. The standard InChI is InChI=1S/C23H22N2O3/c1-17-8-9-22-20(15-17)25(16-19-6-2-3-7-21(19)28-22)23(26)27-14-4-5-18-10-12-24-13-11-18/h2-3,6-13,15H,4-5,14,16H2,1H3. The van der Waals surface area contributed by atoms with Crippen molar-refractivity contribution in [3.05, 3.63) is 83.7 Å². The number of anilines is 1. The van der Waals surface area contributed by atoms with Gasteiger partial charge >= 0.3 is 6.09 Å². The molecule has 0 saturated carbocycles. The zero-order chi connectivity index (χ0) is 19.3.